The Labute approximate surface area is 150 Å². The Morgan fingerprint density at radius 2 is 1.75 bits per heavy atom. The normalized spacial score (nSPS) is 17.0. The van der Waals surface area contributed by atoms with Gasteiger partial charge in [0.2, 0.25) is 0 Å². The maximum absolute atomic E-state index is 14.7. The Hall–Kier alpha value is -0.443. The molecule has 1 rings (SSSR count). The number of benzene rings is 1. The zero-order chi connectivity index (χ0) is 18.9. The van der Waals surface area contributed by atoms with E-state index in [2.05, 4.69) is 15.9 Å². The van der Waals surface area contributed by atoms with Gasteiger partial charge in [-0.15, -0.1) is 0 Å². The SMILES string of the molecule is CC(C)(C)[Si](C)(C)OC[C@H](F)[C@](N)(c1cc(Br)ccc1F)C(F)F. The summed E-state index contributed by atoms with van der Waals surface area (Å²) < 4.78 is 61.9. The summed E-state index contributed by atoms with van der Waals surface area (Å²) in [6, 6.07) is 3.40. The van der Waals surface area contributed by atoms with Gasteiger partial charge in [0.1, 0.15) is 17.5 Å². The summed E-state index contributed by atoms with van der Waals surface area (Å²) in [5, 5.41) is -0.212. The van der Waals surface area contributed by atoms with E-state index in [9.17, 15) is 17.6 Å². The fourth-order valence-corrected chi connectivity index (χ4v) is 3.25. The van der Waals surface area contributed by atoms with E-state index in [-0.39, 0.29) is 5.04 Å². The van der Waals surface area contributed by atoms with Gasteiger partial charge >= 0.3 is 0 Å². The van der Waals surface area contributed by atoms with Gasteiger partial charge in [0, 0.05) is 10.0 Å². The van der Waals surface area contributed by atoms with Gasteiger partial charge < -0.3 is 10.2 Å². The second-order valence-corrected chi connectivity index (χ2v) is 13.1. The van der Waals surface area contributed by atoms with E-state index in [0.29, 0.717) is 4.47 Å². The predicted octanol–water partition coefficient (Wildman–Crippen LogP) is 5.37. The molecule has 0 bridgehead atoms. The van der Waals surface area contributed by atoms with E-state index in [4.69, 9.17) is 10.2 Å². The van der Waals surface area contributed by atoms with Crippen LogP contribution in [-0.4, -0.2) is 27.5 Å². The third-order valence-electron chi connectivity index (χ3n) is 4.67. The standard InChI is InChI=1S/C16H24BrF4NOSi/c1-15(2,3)24(4,5)23-9-13(19)16(22,14(20)21)11-8-10(17)6-7-12(11)18/h6-8,13-14H,9,22H2,1-5H3/t13-,16+/m0/s1. The lowest BCUT2D eigenvalue weighted by Gasteiger charge is -2.39. The topological polar surface area (TPSA) is 35.2 Å². The molecule has 0 radical (unpaired) electrons. The summed E-state index contributed by atoms with van der Waals surface area (Å²) in [5.74, 6) is -0.976. The van der Waals surface area contributed by atoms with Gasteiger partial charge in [-0.1, -0.05) is 36.7 Å². The number of hydrogen-bond donors (Lipinski definition) is 1. The molecule has 0 unspecified atom stereocenters. The molecular weight excluding hydrogens is 406 g/mol. The van der Waals surface area contributed by atoms with Crippen LogP contribution in [0.25, 0.3) is 0 Å². The molecule has 0 heterocycles. The maximum Gasteiger partial charge on any atom is 0.263 e. The second kappa shape index (κ2) is 7.43. The third-order valence-corrected chi connectivity index (χ3v) is 9.66. The molecule has 8 heteroatoms. The van der Waals surface area contributed by atoms with Gasteiger partial charge in [-0.2, -0.15) is 0 Å². The highest BCUT2D eigenvalue weighted by molar-refractivity contribution is 9.10. The highest BCUT2D eigenvalue weighted by atomic mass is 79.9. The largest absolute Gasteiger partial charge is 0.414 e. The molecule has 0 aliphatic rings. The van der Waals surface area contributed by atoms with Gasteiger partial charge in [-0.25, -0.2) is 17.6 Å². The zero-order valence-corrected chi connectivity index (χ0v) is 17.1. The van der Waals surface area contributed by atoms with E-state index in [1.54, 1.807) is 0 Å². The number of nitrogens with two attached hydrogens (primary N) is 1. The summed E-state index contributed by atoms with van der Waals surface area (Å²) in [6.45, 7) is 8.99. The minimum absolute atomic E-state index is 0.212. The predicted molar refractivity (Wildman–Crippen MR) is 94.0 cm³/mol. The van der Waals surface area contributed by atoms with Crippen molar-refractivity contribution in [3.05, 3.63) is 34.1 Å². The molecule has 0 spiro atoms. The summed E-state index contributed by atoms with van der Waals surface area (Å²) in [6.07, 6.45) is -5.55. The molecule has 138 valence electrons. The molecule has 1 aromatic rings. The van der Waals surface area contributed by atoms with Crippen molar-refractivity contribution in [3.8, 4) is 0 Å². The first-order valence-corrected chi connectivity index (χ1v) is 11.2. The zero-order valence-electron chi connectivity index (χ0n) is 14.5. The van der Waals surface area contributed by atoms with Crippen molar-refractivity contribution in [2.24, 2.45) is 5.73 Å². The highest BCUT2D eigenvalue weighted by Gasteiger charge is 2.49. The van der Waals surface area contributed by atoms with Crippen LogP contribution in [-0.2, 0) is 9.96 Å². The lowest BCUT2D eigenvalue weighted by molar-refractivity contribution is -0.0181. The molecule has 0 aromatic heterocycles. The average Bonchev–Trinajstić information content (AvgIpc) is 2.45. The minimum atomic E-state index is -3.29. The van der Waals surface area contributed by atoms with Crippen LogP contribution in [0.4, 0.5) is 17.6 Å². The molecule has 0 aliphatic heterocycles. The van der Waals surface area contributed by atoms with Crippen LogP contribution in [0.3, 0.4) is 0 Å². The minimum Gasteiger partial charge on any atom is -0.414 e. The van der Waals surface area contributed by atoms with Crippen molar-refractivity contribution < 1.29 is 22.0 Å². The number of halogens is 5. The quantitative estimate of drug-likeness (QED) is 0.487. The Balaban J connectivity index is 3.14. The van der Waals surface area contributed by atoms with Crippen molar-refractivity contribution >= 4 is 24.2 Å². The van der Waals surface area contributed by atoms with E-state index in [0.717, 1.165) is 12.1 Å². The van der Waals surface area contributed by atoms with Crippen LogP contribution in [0.5, 0.6) is 0 Å². The number of hydrogen-bond acceptors (Lipinski definition) is 2. The first kappa shape index (κ1) is 21.6. The van der Waals surface area contributed by atoms with E-state index in [1.165, 1.54) is 6.07 Å². The van der Waals surface area contributed by atoms with Crippen molar-refractivity contribution in [1.82, 2.24) is 0 Å². The Bertz CT molecular complexity index is 580. The van der Waals surface area contributed by atoms with Crippen LogP contribution in [0.1, 0.15) is 26.3 Å². The van der Waals surface area contributed by atoms with Crippen molar-refractivity contribution in [3.63, 3.8) is 0 Å². The van der Waals surface area contributed by atoms with Crippen LogP contribution in [0.15, 0.2) is 22.7 Å². The summed E-state index contributed by atoms with van der Waals surface area (Å²) >= 11 is 3.07. The molecule has 2 nitrogen and oxygen atoms in total. The molecule has 0 saturated heterocycles. The molecule has 0 fully saturated rings. The summed E-state index contributed by atoms with van der Waals surface area (Å²) in [5.41, 5.74) is 2.31. The lowest BCUT2D eigenvalue weighted by atomic mass is 9.86. The van der Waals surface area contributed by atoms with Gasteiger partial charge in [0.15, 0.2) is 8.32 Å². The summed E-state index contributed by atoms with van der Waals surface area (Å²) in [7, 11) is -2.35. The van der Waals surface area contributed by atoms with Gasteiger partial charge in [-0.3, -0.25) is 0 Å². The second-order valence-electron chi connectivity index (χ2n) is 7.40. The smallest absolute Gasteiger partial charge is 0.263 e. The number of rotatable bonds is 6. The van der Waals surface area contributed by atoms with E-state index < -0.39 is 44.4 Å². The van der Waals surface area contributed by atoms with Gasteiger partial charge in [-0.05, 0) is 36.3 Å². The lowest BCUT2D eigenvalue weighted by Crippen LogP contribution is -2.55. The molecular formula is C16H24BrF4NOSi. The average molecular weight is 430 g/mol. The third kappa shape index (κ3) is 4.39. The van der Waals surface area contributed by atoms with E-state index in [1.807, 2.05) is 33.9 Å². The van der Waals surface area contributed by atoms with Crippen LogP contribution < -0.4 is 5.73 Å². The fraction of sp³-hybridized carbons (Fsp3) is 0.625. The summed E-state index contributed by atoms with van der Waals surface area (Å²) in [4.78, 5) is 0. The first-order chi connectivity index (χ1) is 10.7. The highest BCUT2D eigenvalue weighted by Crippen LogP contribution is 2.39. The maximum atomic E-state index is 14.7. The molecule has 1 aromatic carbocycles. The molecule has 0 amide bonds. The monoisotopic (exact) mass is 429 g/mol. The first-order valence-electron chi connectivity index (χ1n) is 7.54. The van der Waals surface area contributed by atoms with Crippen LogP contribution >= 0.6 is 15.9 Å². The van der Waals surface area contributed by atoms with Crippen molar-refractivity contribution in [2.75, 3.05) is 6.61 Å². The molecule has 2 N–H and O–H groups in total. The Kier molecular flexibility index (Phi) is 6.69. The Morgan fingerprint density at radius 1 is 1.21 bits per heavy atom. The molecule has 0 saturated carbocycles. The molecule has 2 atom stereocenters. The van der Waals surface area contributed by atoms with Crippen LogP contribution in [0, 0.1) is 5.82 Å². The fourth-order valence-electron chi connectivity index (χ4n) is 1.89. The van der Waals surface area contributed by atoms with Gasteiger partial charge in [0.05, 0.1) is 6.61 Å². The van der Waals surface area contributed by atoms with E-state index >= 15 is 0 Å². The molecule has 24 heavy (non-hydrogen) atoms. The van der Waals surface area contributed by atoms with Gasteiger partial charge in [0.25, 0.3) is 6.43 Å². The van der Waals surface area contributed by atoms with Crippen molar-refractivity contribution in [1.29, 1.82) is 0 Å². The number of alkyl halides is 3. The van der Waals surface area contributed by atoms with Crippen molar-refractivity contribution in [2.45, 2.75) is 57.0 Å². The molecule has 0 aliphatic carbocycles. The Morgan fingerprint density at radius 3 is 2.21 bits per heavy atom. The van der Waals surface area contributed by atoms with Crippen LogP contribution in [0.2, 0.25) is 18.1 Å².